The summed E-state index contributed by atoms with van der Waals surface area (Å²) in [5, 5.41) is 9.73. The SMILES string of the molecule is COC[C@@]12CN(Cc3ccc(OC)c(OC)c3C(=O)O)C[C@@H]1C(C)(C)C2. The van der Waals surface area contributed by atoms with Crippen molar-refractivity contribution in [1.29, 1.82) is 0 Å². The molecule has 0 bridgehead atoms. The van der Waals surface area contributed by atoms with Crippen LogP contribution >= 0.6 is 0 Å². The predicted molar refractivity (Wildman–Crippen MR) is 98.0 cm³/mol. The standard InChI is InChI=1S/C20H29NO5/c1-19(2)10-20(12-24-3)11-21(9-15(19)20)8-13-6-7-14(25-4)17(26-5)16(13)18(22)23/h6-7,15H,8-12H2,1-5H3,(H,22,23)/t15-,20-/m1/s1. The van der Waals surface area contributed by atoms with Gasteiger partial charge in [-0.25, -0.2) is 4.79 Å². The highest BCUT2D eigenvalue weighted by atomic mass is 16.5. The molecule has 1 aromatic rings. The summed E-state index contributed by atoms with van der Waals surface area (Å²) >= 11 is 0. The van der Waals surface area contributed by atoms with Crippen LogP contribution < -0.4 is 9.47 Å². The summed E-state index contributed by atoms with van der Waals surface area (Å²) in [7, 11) is 4.74. The molecule has 0 unspecified atom stereocenters. The molecule has 1 aliphatic heterocycles. The van der Waals surface area contributed by atoms with Crippen LogP contribution in [0.1, 0.15) is 36.2 Å². The first-order chi connectivity index (χ1) is 12.3. The van der Waals surface area contributed by atoms with Gasteiger partial charge in [-0.15, -0.1) is 0 Å². The molecule has 1 N–H and O–H groups in total. The molecule has 144 valence electrons. The number of benzene rings is 1. The van der Waals surface area contributed by atoms with Crippen LogP contribution in [0.4, 0.5) is 0 Å². The Hall–Kier alpha value is -1.79. The maximum Gasteiger partial charge on any atom is 0.339 e. The molecule has 1 saturated heterocycles. The second kappa shape index (κ2) is 6.74. The number of fused-ring (bicyclic) bond motifs is 1. The van der Waals surface area contributed by atoms with Crippen molar-refractivity contribution in [3.63, 3.8) is 0 Å². The maximum absolute atomic E-state index is 11.9. The lowest BCUT2D eigenvalue weighted by Crippen LogP contribution is -2.55. The molecule has 3 rings (SSSR count). The molecule has 1 aliphatic carbocycles. The molecular formula is C20H29NO5. The summed E-state index contributed by atoms with van der Waals surface area (Å²) in [6.45, 7) is 7.86. The zero-order chi connectivity index (χ0) is 19.1. The van der Waals surface area contributed by atoms with E-state index in [1.165, 1.54) is 14.2 Å². The summed E-state index contributed by atoms with van der Waals surface area (Å²) in [4.78, 5) is 14.2. The quantitative estimate of drug-likeness (QED) is 0.803. The Kier molecular flexibility index (Phi) is 4.92. The average Bonchev–Trinajstić information content (AvgIpc) is 2.88. The molecule has 0 amide bonds. The second-order valence-corrected chi connectivity index (χ2v) is 8.32. The fourth-order valence-corrected chi connectivity index (χ4v) is 5.41. The number of ether oxygens (including phenoxy) is 3. The van der Waals surface area contributed by atoms with Gasteiger partial charge in [-0.05, 0) is 29.4 Å². The van der Waals surface area contributed by atoms with Crippen LogP contribution in [-0.4, -0.2) is 57.0 Å². The van der Waals surface area contributed by atoms with Gasteiger partial charge in [-0.3, -0.25) is 4.90 Å². The van der Waals surface area contributed by atoms with Crippen LogP contribution in [0.15, 0.2) is 12.1 Å². The number of nitrogens with zero attached hydrogens (tertiary/aromatic N) is 1. The zero-order valence-corrected chi connectivity index (χ0v) is 16.3. The highest BCUT2D eigenvalue weighted by Crippen LogP contribution is 2.62. The minimum Gasteiger partial charge on any atom is -0.493 e. The summed E-state index contributed by atoms with van der Waals surface area (Å²) in [6.07, 6.45) is 1.15. The van der Waals surface area contributed by atoms with E-state index in [-0.39, 0.29) is 16.7 Å². The Morgan fingerprint density at radius 1 is 1.27 bits per heavy atom. The number of methoxy groups -OCH3 is 3. The maximum atomic E-state index is 11.9. The van der Waals surface area contributed by atoms with Gasteiger partial charge in [0.2, 0.25) is 0 Å². The van der Waals surface area contributed by atoms with Crippen molar-refractivity contribution in [3.05, 3.63) is 23.3 Å². The Labute approximate surface area is 155 Å². The molecule has 1 aromatic carbocycles. The van der Waals surface area contributed by atoms with Gasteiger partial charge in [0.05, 0.1) is 20.8 Å². The van der Waals surface area contributed by atoms with E-state index in [1.54, 1.807) is 13.2 Å². The lowest BCUT2D eigenvalue weighted by molar-refractivity contribution is -0.107. The Morgan fingerprint density at radius 2 is 2.00 bits per heavy atom. The van der Waals surface area contributed by atoms with Gasteiger partial charge in [-0.1, -0.05) is 19.9 Å². The van der Waals surface area contributed by atoms with E-state index in [0.29, 0.717) is 23.6 Å². The molecule has 6 nitrogen and oxygen atoms in total. The molecule has 1 heterocycles. The first kappa shape index (κ1) is 19.0. The largest absolute Gasteiger partial charge is 0.493 e. The van der Waals surface area contributed by atoms with Crippen LogP contribution in [0.2, 0.25) is 0 Å². The van der Waals surface area contributed by atoms with Crippen LogP contribution in [0.5, 0.6) is 11.5 Å². The van der Waals surface area contributed by atoms with Crippen molar-refractivity contribution in [2.75, 3.05) is 41.0 Å². The van der Waals surface area contributed by atoms with Crippen molar-refractivity contribution >= 4 is 5.97 Å². The molecule has 2 fully saturated rings. The predicted octanol–water partition coefficient (Wildman–Crippen LogP) is 2.90. The van der Waals surface area contributed by atoms with Crippen molar-refractivity contribution in [3.8, 4) is 11.5 Å². The van der Waals surface area contributed by atoms with Crippen LogP contribution in [0.3, 0.4) is 0 Å². The van der Waals surface area contributed by atoms with Gasteiger partial charge < -0.3 is 19.3 Å². The lowest BCUT2D eigenvalue weighted by Gasteiger charge is -2.56. The number of carboxylic acid groups (broad SMARTS) is 1. The van der Waals surface area contributed by atoms with Crippen LogP contribution in [-0.2, 0) is 11.3 Å². The fraction of sp³-hybridized carbons (Fsp3) is 0.650. The first-order valence-corrected chi connectivity index (χ1v) is 8.96. The minimum absolute atomic E-state index is 0.186. The lowest BCUT2D eigenvalue weighted by atomic mass is 9.48. The second-order valence-electron chi connectivity index (χ2n) is 8.32. The molecule has 0 radical (unpaired) electrons. The number of hydrogen-bond donors (Lipinski definition) is 1. The third-order valence-corrected chi connectivity index (χ3v) is 6.14. The number of carbonyl (C=O) groups is 1. The number of likely N-dealkylation sites (tertiary alicyclic amines) is 1. The number of hydrogen-bond acceptors (Lipinski definition) is 5. The van der Waals surface area contributed by atoms with Crippen molar-refractivity contribution in [1.82, 2.24) is 4.90 Å². The molecule has 1 saturated carbocycles. The van der Waals surface area contributed by atoms with Gasteiger partial charge in [-0.2, -0.15) is 0 Å². The number of rotatable bonds is 7. The normalized spacial score (nSPS) is 26.9. The monoisotopic (exact) mass is 363 g/mol. The van der Waals surface area contributed by atoms with E-state index in [4.69, 9.17) is 14.2 Å². The molecule has 0 spiro atoms. The molecular weight excluding hydrogens is 334 g/mol. The minimum atomic E-state index is -0.996. The van der Waals surface area contributed by atoms with E-state index >= 15 is 0 Å². The van der Waals surface area contributed by atoms with E-state index in [9.17, 15) is 9.90 Å². The van der Waals surface area contributed by atoms with E-state index < -0.39 is 5.97 Å². The average molecular weight is 363 g/mol. The summed E-state index contributed by atoms with van der Waals surface area (Å²) < 4.78 is 16.1. The molecule has 2 aliphatic rings. The zero-order valence-electron chi connectivity index (χ0n) is 16.3. The third-order valence-electron chi connectivity index (χ3n) is 6.14. The van der Waals surface area contributed by atoms with E-state index in [2.05, 4.69) is 18.7 Å². The molecule has 2 atom stereocenters. The van der Waals surface area contributed by atoms with Gasteiger partial charge in [0.1, 0.15) is 5.56 Å². The Bertz CT molecular complexity index is 702. The smallest absolute Gasteiger partial charge is 0.339 e. The first-order valence-electron chi connectivity index (χ1n) is 8.96. The summed E-state index contributed by atoms with van der Waals surface area (Å²) in [5.41, 5.74) is 1.44. The third kappa shape index (κ3) is 2.95. The number of carboxylic acids is 1. The number of aromatic carboxylic acids is 1. The van der Waals surface area contributed by atoms with E-state index in [1.807, 2.05) is 6.07 Å². The van der Waals surface area contributed by atoms with Crippen molar-refractivity contribution in [2.24, 2.45) is 16.7 Å². The molecule has 26 heavy (non-hydrogen) atoms. The van der Waals surface area contributed by atoms with Crippen LogP contribution in [0.25, 0.3) is 0 Å². The van der Waals surface area contributed by atoms with E-state index in [0.717, 1.165) is 31.7 Å². The van der Waals surface area contributed by atoms with Crippen LogP contribution in [0, 0.1) is 16.7 Å². The Morgan fingerprint density at radius 3 is 2.54 bits per heavy atom. The molecule has 0 aromatic heterocycles. The van der Waals surface area contributed by atoms with Gasteiger partial charge in [0.15, 0.2) is 11.5 Å². The van der Waals surface area contributed by atoms with Gasteiger partial charge in [0.25, 0.3) is 0 Å². The van der Waals surface area contributed by atoms with Crippen molar-refractivity contribution < 1.29 is 24.1 Å². The highest BCUT2D eigenvalue weighted by molar-refractivity contribution is 5.93. The van der Waals surface area contributed by atoms with Crippen molar-refractivity contribution in [2.45, 2.75) is 26.8 Å². The summed E-state index contributed by atoms with van der Waals surface area (Å²) in [6, 6.07) is 3.61. The van der Waals surface area contributed by atoms with Gasteiger partial charge in [0, 0.05) is 32.2 Å². The fourth-order valence-electron chi connectivity index (χ4n) is 5.41. The Balaban J connectivity index is 1.87. The van der Waals surface area contributed by atoms with Gasteiger partial charge >= 0.3 is 5.97 Å². The highest BCUT2D eigenvalue weighted by Gasteiger charge is 2.62. The molecule has 6 heteroatoms. The summed E-state index contributed by atoms with van der Waals surface area (Å²) in [5.74, 6) is 0.298. The topological polar surface area (TPSA) is 68.2 Å².